The fraction of sp³-hybridized carbons (Fsp3) is 0.714. The number of hydrogen-bond donors (Lipinski definition) is 4. The minimum atomic E-state index is -1.09. The maximum Gasteiger partial charge on any atom is 0.329 e. The van der Waals surface area contributed by atoms with Crippen molar-refractivity contribution in [3.8, 4) is 0 Å². The van der Waals surface area contributed by atoms with Gasteiger partial charge in [-0.15, -0.1) is 0 Å². The summed E-state index contributed by atoms with van der Waals surface area (Å²) < 4.78 is 5.27. The number of hydrogen-bond acceptors (Lipinski definition) is 8. The molecule has 3 amide bonds. The zero-order valence-electron chi connectivity index (χ0n) is 18.9. The summed E-state index contributed by atoms with van der Waals surface area (Å²) in [6.07, 6.45) is 2.09. The Kier molecular flexibility index (Phi) is 8.48. The number of carbonyl (C=O) groups excluding carboxylic acids is 5. The zero-order valence-corrected chi connectivity index (χ0v) is 18.9. The molecule has 0 aromatic rings. The van der Waals surface area contributed by atoms with Gasteiger partial charge in [0.2, 0.25) is 17.7 Å². The highest BCUT2D eigenvalue weighted by Gasteiger charge is 2.49. The molecule has 2 rings (SSSR count). The summed E-state index contributed by atoms with van der Waals surface area (Å²) in [6.45, 7) is 6.89. The molecule has 2 saturated heterocycles. The van der Waals surface area contributed by atoms with Crippen molar-refractivity contribution in [2.75, 3.05) is 32.7 Å². The topological polar surface area (TPSA) is 158 Å². The Morgan fingerprint density at radius 3 is 2.22 bits per heavy atom. The second-order valence-corrected chi connectivity index (χ2v) is 9.32. The lowest BCUT2D eigenvalue weighted by atomic mass is 9.84. The Balaban J connectivity index is 1.78. The van der Waals surface area contributed by atoms with E-state index in [4.69, 9.17) is 10.1 Å². The van der Waals surface area contributed by atoms with Gasteiger partial charge in [0.15, 0.2) is 5.78 Å². The molecule has 1 unspecified atom stereocenters. The van der Waals surface area contributed by atoms with E-state index in [0.29, 0.717) is 6.21 Å². The van der Waals surface area contributed by atoms with Crippen molar-refractivity contribution < 1.29 is 28.7 Å². The van der Waals surface area contributed by atoms with Crippen LogP contribution in [0.4, 0.5) is 0 Å². The molecule has 2 aliphatic heterocycles. The summed E-state index contributed by atoms with van der Waals surface area (Å²) in [6, 6.07) is -1.09. The summed E-state index contributed by atoms with van der Waals surface area (Å²) in [7, 11) is 0. The Morgan fingerprint density at radius 2 is 1.69 bits per heavy atom. The number of rotatable bonds is 11. The van der Waals surface area contributed by atoms with Crippen molar-refractivity contribution in [3.63, 3.8) is 0 Å². The molecule has 32 heavy (non-hydrogen) atoms. The van der Waals surface area contributed by atoms with Crippen LogP contribution in [0.25, 0.3) is 0 Å². The van der Waals surface area contributed by atoms with Crippen LogP contribution in [0.15, 0.2) is 0 Å². The number of carbonyl (C=O) groups is 5. The lowest BCUT2D eigenvalue weighted by molar-refractivity contribution is -0.158. The Hall–Kier alpha value is -2.82. The molecule has 178 valence electrons. The van der Waals surface area contributed by atoms with Crippen LogP contribution in [-0.4, -0.2) is 85.0 Å². The Bertz CT molecular complexity index is 767. The molecule has 2 aliphatic rings. The molecule has 2 fully saturated rings. The fourth-order valence-corrected chi connectivity index (χ4v) is 3.84. The van der Waals surface area contributed by atoms with E-state index in [0.717, 1.165) is 32.5 Å². The van der Waals surface area contributed by atoms with E-state index in [1.54, 1.807) is 20.8 Å². The number of nitrogens with zero attached hydrogens (tertiary/aromatic N) is 1. The number of fused-ring (bicyclic) bond motifs is 2. The standard InChI is InChI=1S/C21H33N5O6/c1-20(2,3)32-18(30)15(5-4-14(27)10-22)25-17(29)12-23-16(28)11-24-19(31)21-6-8-26(13-21)9-7-21/h10,15,22H,4-9,11-13H2,1-3H3,(H,23,28)(H,24,31)(H,25,29). The molecule has 2 heterocycles. The summed E-state index contributed by atoms with van der Waals surface area (Å²) in [4.78, 5) is 62.7. The van der Waals surface area contributed by atoms with E-state index in [2.05, 4.69) is 20.9 Å². The number of piperidine rings is 1. The Labute approximate surface area is 187 Å². The van der Waals surface area contributed by atoms with Gasteiger partial charge >= 0.3 is 5.97 Å². The third kappa shape index (κ3) is 7.40. The minimum Gasteiger partial charge on any atom is -0.458 e. The van der Waals surface area contributed by atoms with E-state index < -0.39 is 47.2 Å². The smallest absolute Gasteiger partial charge is 0.329 e. The molecule has 11 heteroatoms. The van der Waals surface area contributed by atoms with E-state index in [1.165, 1.54) is 0 Å². The van der Waals surface area contributed by atoms with E-state index in [-0.39, 0.29) is 25.3 Å². The molecule has 0 aromatic heterocycles. The maximum absolute atomic E-state index is 12.5. The minimum absolute atomic E-state index is 0.0298. The summed E-state index contributed by atoms with van der Waals surface area (Å²) in [5.74, 6) is -2.49. The second kappa shape index (κ2) is 10.7. The fourth-order valence-electron chi connectivity index (χ4n) is 3.84. The summed E-state index contributed by atoms with van der Waals surface area (Å²) in [5, 5.41) is 14.5. The van der Waals surface area contributed by atoms with Gasteiger partial charge in [-0.2, -0.15) is 0 Å². The molecular formula is C21H33N5O6. The second-order valence-electron chi connectivity index (χ2n) is 9.32. The van der Waals surface area contributed by atoms with Gasteiger partial charge in [0, 0.05) is 13.0 Å². The van der Waals surface area contributed by atoms with E-state index in [1.807, 2.05) is 0 Å². The maximum atomic E-state index is 12.5. The number of amides is 3. The zero-order chi connectivity index (χ0) is 23.9. The van der Waals surface area contributed by atoms with Crippen LogP contribution < -0.4 is 16.0 Å². The first kappa shape index (κ1) is 25.4. The molecule has 0 saturated carbocycles. The number of esters is 1. The number of nitrogens with one attached hydrogen (secondary N) is 4. The van der Waals surface area contributed by atoms with Crippen LogP contribution in [-0.2, 0) is 28.7 Å². The largest absolute Gasteiger partial charge is 0.458 e. The van der Waals surface area contributed by atoms with Crippen molar-refractivity contribution in [1.82, 2.24) is 20.9 Å². The molecule has 2 bridgehead atoms. The normalized spacial score (nSPS) is 22.5. The van der Waals surface area contributed by atoms with Crippen LogP contribution in [0.3, 0.4) is 0 Å². The van der Waals surface area contributed by atoms with E-state index >= 15 is 0 Å². The average molecular weight is 452 g/mol. The lowest BCUT2D eigenvalue weighted by Gasteiger charge is -2.24. The number of ether oxygens (including phenoxy) is 1. The molecule has 4 N–H and O–H groups in total. The van der Waals surface area contributed by atoms with Gasteiger partial charge in [0.05, 0.1) is 24.7 Å². The lowest BCUT2D eigenvalue weighted by Crippen LogP contribution is -2.49. The van der Waals surface area contributed by atoms with Crippen molar-refractivity contribution in [2.45, 2.75) is 58.1 Å². The van der Waals surface area contributed by atoms with Gasteiger partial charge in [-0.05, 0) is 53.1 Å². The quantitative estimate of drug-likeness (QED) is 0.235. The highest BCUT2D eigenvalue weighted by Crippen LogP contribution is 2.40. The van der Waals surface area contributed by atoms with Crippen LogP contribution in [0.5, 0.6) is 0 Å². The van der Waals surface area contributed by atoms with Crippen LogP contribution in [0, 0.1) is 10.8 Å². The molecule has 11 nitrogen and oxygen atoms in total. The SMILES string of the molecule is CC(C)(C)OC(=O)C(CCC(=O)C=N)NC(=O)CNC(=O)CNC(=O)C12CCN(CC1)C2. The van der Waals surface area contributed by atoms with Crippen molar-refractivity contribution >= 4 is 35.7 Å². The molecule has 0 aliphatic carbocycles. The van der Waals surface area contributed by atoms with Gasteiger partial charge in [0.25, 0.3) is 0 Å². The van der Waals surface area contributed by atoms with E-state index in [9.17, 15) is 24.0 Å². The summed E-state index contributed by atoms with van der Waals surface area (Å²) in [5.41, 5.74) is -1.20. The van der Waals surface area contributed by atoms with Gasteiger partial charge in [-0.25, -0.2) is 4.79 Å². The molecule has 0 aromatic carbocycles. The third-order valence-corrected chi connectivity index (χ3v) is 5.54. The predicted molar refractivity (Wildman–Crippen MR) is 115 cm³/mol. The molecule has 0 spiro atoms. The van der Waals surface area contributed by atoms with Crippen molar-refractivity contribution in [2.24, 2.45) is 5.41 Å². The van der Waals surface area contributed by atoms with Crippen LogP contribution in [0.2, 0.25) is 0 Å². The van der Waals surface area contributed by atoms with Gasteiger partial charge in [-0.1, -0.05) is 0 Å². The first-order valence-electron chi connectivity index (χ1n) is 10.8. The first-order chi connectivity index (χ1) is 14.9. The van der Waals surface area contributed by atoms with Gasteiger partial charge in [0.1, 0.15) is 11.6 Å². The molecule has 0 radical (unpaired) electrons. The molecular weight excluding hydrogens is 418 g/mol. The van der Waals surface area contributed by atoms with Crippen LogP contribution >= 0.6 is 0 Å². The predicted octanol–water partition coefficient (Wildman–Crippen LogP) is -0.860. The van der Waals surface area contributed by atoms with Gasteiger partial charge < -0.3 is 31.0 Å². The van der Waals surface area contributed by atoms with Crippen molar-refractivity contribution in [3.05, 3.63) is 0 Å². The number of Topliss-reactive ketones (excluding diaryl/α,β-unsaturated/α-hetero) is 1. The highest BCUT2D eigenvalue weighted by molar-refractivity contribution is 6.26. The highest BCUT2D eigenvalue weighted by atomic mass is 16.6. The Morgan fingerprint density at radius 1 is 1.06 bits per heavy atom. The first-order valence-corrected chi connectivity index (χ1v) is 10.8. The molecule has 1 atom stereocenters. The average Bonchev–Trinajstić information content (AvgIpc) is 3.34. The van der Waals surface area contributed by atoms with Gasteiger partial charge in [-0.3, -0.25) is 19.2 Å². The summed E-state index contributed by atoms with van der Waals surface area (Å²) >= 11 is 0. The number of ketones is 1. The van der Waals surface area contributed by atoms with Crippen molar-refractivity contribution in [1.29, 1.82) is 5.41 Å². The third-order valence-electron chi connectivity index (χ3n) is 5.54. The van der Waals surface area contributed by atoms with Crippen LogP contribution in [0.1, 0.15) is 46.5 Å². The monoisotopic (exact) mass is 451 g/mol.